The quantitative estimate of drug-likeness (QED) is 0.828. The van der Waals surface area contributed by atoms with E-state index < -0.39 is 0 Å². The van der Waals surface area contributed by atoms with Crippen LogP contribution in [-0.2, 0) is 11.2 Å². The van der Waals surface area contributed by atoms with E-state index in [0.29, 0.717) is 16.7 Å². The zero-order chi connectivity index (χ0) is 13.1. The molecular formula is C15H19ClO2. The average Bonchev–Trinajstić information content (AvgIpc) is 2.36. The number of carbonyl (C=O) groups is 1. The summed E-state index contributed by atoms with van der Waals surface area (Å²) in [6.07, 6.45) is 4.54. The number of hydrogen-bond acceptors (Lipinski definition) is 2. The summed E-state index contributed by atoms with van der Waals surface area (Å²) in [4.78, 5) is 11.2. The van der Waals surface area contributed by atoms with Crippen molar-refractivity contribution in [3.63, 3.8) is 0 Å². The maximum absolute atomic E-state index is 11.2. The number of rotatable bonds is 3. The Bertz CT molecular complexity index is 444. The van der Waals surface area contributed by atoms with Crippen LogP contribution in [0.5, 0.6) is 5.75 Å². The number of halogens is 1. The molecular weight excluding hydrogens is 248 g/mol. The second kappa shape index (κ2) is 5.75. The van der Waals surface area contributed by atoms with Crippen LogP contribution < -0.4 is 4.74 Å². The maximum Gasteiger partial charge on any atom is 0.137 e. The third-order valence-electron chi connectivity index (χ3n) is 3.78. The standard InChI is InChI=1S/C15H19ClO2/c1-10-7-15(18-2)14(16)9-12(10)8-11-3-5-13(17)6-4-11/h7,9,11H,3-6,8H2,1-2H3. The van der Waals surface area contributed by atoms with Crippen LogP contribution in [0, 0.1) is 12.8 Å². The molecule has 1 aliphatic rings. The molecule has 1 saturated carbocycles. The van der Waals surface area contributed by atoms with Crippen molar-refractivity contribution in [3.8, 4) is 5.75 Å². The highest BCUT2D eigenvalue weighted by atomic mass is 35.5. The minimum atomic E-state index is 0.413. The van der Waals surface area contributed by atoms with Gasteiger partial charge >= 0.3 is 0 Å². The molecule has 0 amide bonds. The highest BCUT2D eigenvalue weighted by Gasteiger charge is 2.20. The van der Waals surface area contributed by atoms with Crippen molar-refractivity contribution >= 4 is 17.4 Å². The van der Waals surface area contributed by atoms with E-state index in [1.54, 1.807) is 7.11 Å². The number of methoxy groups -OCH3 is 1. The van der Waals surface area contributed by atoms with Crippen LogP contribution in [0.1, 0.15) is 36.8 Å². The molecule has 2 rings (SSSR count). The fourth-order valence-electron chi connectivity index (χ4n) is 2.59. The Hall–Kier alpha value is -1.02. The first-order valence-electron chi connectivity index (χ1n) is 6.45. The van der Waals surface area contributed by atoms with Gasteiger partial charge in [0.05, 0.1) is 12.1 Å². The summed E-state index contributed by atoms with van der Waals surface area (Å²) >= 11 is 6.16. The molecule has 0 atom stereocenters. The first-order valence-corrected chi connectivity index (χ1v) is 6.82. The van der Waals surface area contributed by atoms with Gasteiger partial charge in [-0.25, -0.2) is 0 Å². The highest BCUT2D eigenvalue weighted by Crippen LogP contribution is 2.31. The lowest BCUT2D eigenvalue weighted by Crippen LogP contribution is -2.16. The van der Waals surface area contributed by atoms with Crippen LogP contribution in [-0.4, -0.2) is 12.9 Å². The summed E-state index contributed by atoms with van der Waals surface area (Å²) in [6, 6.07) is 4.00. The molecule has 0 saturated heterocycles. The minimum Gasteiger partial charge on any atom is -0.495 e. The van der Waals surface area contributed by atoms with Gasteiger partial charge in [0.15, 0.2) is 0 Å². The molecule has 1 aromatic rings. The number of hydrogen-bond donors (Lipinski definition) is 0. The zero-order valence-corrected chi connectivity index (χ0v) is 11.7. The lowest BCUT2D eigenvalue weighted by Gasteiger charge is -2.22. The number of carbonyl (C=O) groups excluding carboxylic acids is 1. The Morgan fingerprint density at radius 3 is 2.61 bits per heavy atom. The third kappa shape index (κ3) is 3.05. The van der Waals surface area contributed by atoms with Crippen LogP contribution in [0.3, 0.4) is 0 Å². The number of ether oxygens (including phenoxy) is 1. The fourth-order valence-corrected chi connectivity index (χ4v) is 2.85. The van der Waals surface area contributed by atoms with Crippen LogP contribution in [0.2, 0.25) is 5.02 Å². The predicted molar refractivity (Wildman–Crippen MR) is 73.4 cm³/mol. The molecule has 1 aliphatic carbocycles. The Labute approximate surface area is 113 Å². The second-order valence-corrected chi connectivity index (χ2v) is 5.51. The normalized spacial score (nSPS) is 16.9. The first kappa shape index (κ1) is 13.4. The van der Waals surface area contributed by atoms with Crippen LogP contribution in [0.4, 0.5) is 0 Å². The molecule has 0 radical (unpaired) electrons. The van der Waals surface area contributed by atoms with Crippen LogP contribution >= 0.6 is 11.6 Å². The van der Waals surface area contributed by atoms with Gasteiger partial charge in [0.1, 0.15) is 11.5 Å². The summed E-state index contributed by atoms with van der Waals surface area (Å²) in [6.45, 7) is 2.09. The molecule has 18 heavy (non-hydrogen) atoms. The van der Waals surface area contributed by atoms with E-state index in [1.807, 2.05) is 12.1 Å². The smallest absolute Gasteiger partial charge is 0.137 e. The molecule has 2 nitrogen and oxygen atoms in total. The van der Waals surface area contributed by atoms with Gasteiger partial charge in [-0.2, -0.15) is 0 Å². The van der Waals surface area contributed by atoms with Crippen molar-refractivity contribution in [2.24, 2.45) is 5.92 Å². The molecule has 3 heteroatoms. The van der Waals surface area contributed by atoms with Crippen molar-refractivity contribution in [3.05, 3.63) is 28.3 Å². The van der Waals surface area contributed by atoms with Crippen molar-refractivity contribution in [1.82, 2.24) is 0 Å². The van der Waals surface area contributed by atoms with E-state index in [-0.39, 0.29) is 0 Å². The van der Waals surface area contributed by atoms with Crippen molar-refractivity contribution in [1.29, 1.82) is 0 Å². The Balaban J connectivity index is 2.09. The second-order valence-electron chi connectivity index (χ2n) is 5.10. The summed E-state index contributed by atoms with van der Waals surface area (Å²) in [5, 5.41) is 0.671. The molecule has 0 spiro atoms. The summed E-state index contributed by atoms with van der Waals surface area (Å²) in [7, 11) is 1.63. The van der Waals surface area contributed by atoms with E-state index in [1.165, 1.54) is 11.1 Å². The first-order chi connectivity index (χ1) is 8.60. The topological polar surface area (TPSA) is 26.3 Å². The number of aryl methyl sites for hydroxylation is 1. The van der Waals surface area contributed by atoms with Gasteiger partial charge in [0, 0.05) is 12.8 Å². The lowest BCUT2D eigenvalue weighted by molar-refractivity contribution is -0.120. The van der Waals surface area contributed by atoms with E-state index in [9.17, 15) is 4.79 Å². The largest absolute Gasteiger partial charge is 0.495 e. The van der Waals surface area contributed by atoms with E-state index in [0.717, 1.165) is 37.9 Å². The van der Waals surface area contributed by atoms with Gasteiger partial charge in [-0.05, 0) is 55.4 Å². The average molecular weight is 267 g/mol. The van der Waals surface area contributed by atoms with Gasteiger partial charge in [-0.15, -0.1) is 0 Å². The molecule has 0 unspecified atom stereocenters. The maximum atomic E-state index is 11.2. The summed E-state index contributed by atoms with van der Waals surface area (Å²) < 4.78 is 5.21. The van der Waals surface area contributed by atoms with Gasteiger partial charge in [0.2, 0.25) is 0 Å². The van der Waals surface area contributed by atoms with E-state index in [4.69, 9.17) is 16.3 Å². The summed E-state index contributed by atoms with van der Waals surface area (Å²) in [5.41, 5.74) is 2.49. The molecule has 0 heterocycles. The van der Waals surface area contributed by atoms with E-state index in [2.05, 4.69) is 6.92 Å². The van der Waals surface area contributed by atoms with Gasteiger partial charge in [0.25, 0.3) is 0 Å². The SMILES string of the molecule is COc1cc(C)c(CC2CCC(=O)CC2)cc1Cl. The van der Waals surface area contributed by atoms with Crippen LogP contribution in [0.25, 0.3) is 0 Å². The molecule has 0 N–H and O–H groups in total. The van der Waals surface area contributed by atoms with Crippen molar-refractivity contribution < 1.29 is 9.53 Å². The molecule has 1 aromatic carbocycles. The minimum absolute atomic E-state index is 0.413. The number of Topliss-reactive ketones (excluding diaryl/α,β-unsaturated/α-hetero) is 1. The highest BCUT2D eigenvalue weighted by molar-refractivity contribution is 6.32. The number of ketones is 1. The van der Waals surface area contributed by atoms with Crippen LogP contribution in [0.15, 0.2) is 12.1 Å². The Kier molecular flexibility index (Phi) is 4.28. The molecule has 1 fully saturated rings. The monoisotopic (exact) mass is 266 g/mol. The fraction of sp³-hybridized carbons (Fsp3) is 0.533. The predicted octanol–water partition coefficient (Wildman–Crippen LogP) is 3.96. The van der Waals surface area contributed by atoms with E-state index >= 15 is 0 Å². The molecule has 98 valence electrons. The van der Waals surface area contributed by atoms with Crippen molar-refractivity contribution in [2.75, 3.05) is 7.11 Å². The summed E-state index contributed by atoms with van der Waals surface area (Å²) in [5.74, 6) is 1.76. The van der Waals surface area contributed by atoms with Crippen molar-refractivity contribution in [2.45, 2.75) is 39.0 Å². The zero-order valence-electron chi connectivity index (χ0n) is 11.0. The molecule has 0 bridgehead atoms. The van der Waals surface area contributed by atoms with Gasteiger partial charge in [-0.1, -0.05) is 11.6 Å². The molecule has 0 aromatic heterocycles. The molecule has 0 aliphatic heterocycles. The lowest BCUT2D eigenvalue weighted by atomic mass is 9.83. The Morgan fingerprint density at radius 1 is 1.33 bits per heavy atom. The van der Waals surface area contributed by atoms with Gasteiger partial charge < -0.3 is 4.74 Å². The van der Waals surface area contributed by atoms with Gasteiger partial charge in [-0.3, -0.25) is 4.79 Å². The Morgan fingerprint density at radius 2 is 2.00 bits per heavy atom. The third-order valence-corrected chi connectivity index (χ3v) is 4.08. The number of benzene rings is 1.